The summed E-state index contributed by atoms with van der Waals surface area (Å²) >= 11 is 8.70. The number of piperidine rings is 1. The Labute approximate surface area is 201 Å². The number of likely N-dealkylation sites (tertiary alicyclic amines) is 1. The summed E-state index contributed by atoms with van der Waals surface area (Å²) in [5.41, 5.74) is 6.04. The SMILES string of the molecule is Clc1ccc2c(c1)C1(CN3CCC(Nc4ncc(I)cn4)CC3)CC2c2ccccc21. The number of benzene rings is 2. The van der Waals surface area contributed by atoms with Crippen molar-refractivity contribution in [2.24, 2.45) is 0 Å². The van der Waals surface area contributed by atoms with E-state index in [1.807, 2.05) is 12.4 Å². The van der Waals surface area contributed by atoms with E-state index in [0.717, 1.165) is 47.0 Å². The van der Waals surface area contributed by atoms with E-state index in [2.05, 4.69) is 85.2 Å². The third-order valence-corrected chi connectivity index (χ3v) is 8.14. The number of anilines is 1. The van der Waals surface area contributed by atoms with Crippen molar-refractivity contribution >= 4 is 40.1 Å². The Morgan fingerprint density at radius 2 is 1.77 bits per heavy atom. The van der Waals surface area contributed by atoms with Crippen LogP contribution in [0.5, 0.6) is 0 Å². The topological polar surface area (TPSA) is 41.0 Å². The molecule has 1 N–H and O–H groups in total. The Balaban J connectivity index is 1.22. The van der Waals surface area contributed by atoms with Gasteiger partial charge in [-0.05, 0) is 76.2 Å². The van der Waals surface area contributed by atoms with Crippen molar-refractivity contribution < 1.29 is 0 Å². The Hall–Kier alpha value is -1.70. The van der Waals surface area contributed by atoms with E-state index >= 15 is 0 Å². The number of nitrogens with one attached hydrogen (secondary N) is 1. The van der Waals surface area contributed by atoms with Gasteiger partial charge in [0.15, 0.2) is 0 Å². The molecule has 1 fully saturated rings. The van der Waals surface area contributed by atoms with Crippen LogP contribution in [0.4, 0.5) is 5.95 Å². The van der Waals surface area contributed by atoms with E-state index in [-0.39, 0.29) is 5.41 Å². The summed E-state index contributed by atoms with van der Waals surface area (Å²) in [7, 11) is 0. The molecule has 4 nitrogen and oxygen atoms in total. The molecule has 1 saturated heterocycles. The first-order valence-corrected chi connectivity index (χ1v) is 12.4. The number of hydrogen-bond donors (Lipinski definition) is 1. The van der Waals surface area contributed by atoms with Gasteiger partial charge in [0.25, 0.3) is 0 Å². The number of hydrogen-bond acceptors (Lipinski definition) is 4. The van der Waals surface area contributed by atoms with Crippen molar-refractivity contribution in [3.63, 3.8) is 0 Å². The summed E-state index contributed by atoms with van der Waals surface area (Å²) in [6.45, 7) is 3.25. The molecule has 2 aromatic carbocycles. The number of aromatic nitrogens is 2. The molecule has 0 radical (unpaired) electrons. The Bertz CT molecular complexity index is 1130. The lowest BCUT2D eigenvalue weighted by Gasteiger charge is -2.40. The normalized spacial score (nSPS) is 24.8. The van der Waals surface area contributed by atoms with Crippen LogP contribution in [-0.2, 0) is 5.41 Å². The third-order valence-electron chi connectivity index (χ3n) is 7.35. The molecule has 3 aromatic rings. The van der Waals surface area contributed by atoms with Crippen molar-refractivity contribution in [2.45, 2.75) is 36.6 Å². The van der Waals surface area contributed by atoms with Gasteiger partial charge in [0.1, 0.15) is 0 Å². The lowest BCUT2D eigenvalue weighted by Crippen LogP contribution is -2.46. The molecule has 158 valence electrons. The summed E-state index contributed by atoms with van der Waals surface area (Å²) in [5.74, 6) is 1.25. The first-order chi connectivity index (χ1) is 15.1. The lowest BCUT2D eigenvalue weighted by atomic mass is 9.74. The fraction of sp³-hybridized carbons (Fsp3) is 0.360. The van der Waals surface area contributed by atoms with E-state index in [4.69, 9.17) is 11.6 Å². The average Bonchev–Trinajstić information content (AvgIpc) is 3.28. The zero-order chi connectivity index (χ0) is 21.0. The summed E-state index contributed by atoms with van der Waals surface area (Å²) in [4.78, 5) is 11.5. The summed E-state index contributed by atoms with van der Waals surface area (Å²) in [6.07, 6.45) is 7.12. The Morgan fingerprint density at radius 3 is 2.58 bits per heavy atom. The van der Waals surface area contributed by atoms with E-state index in [9.17, 15) is 0 Å². The monoisotopic (exact) mass is 542 g/mol. The Kier molecular flexibility index (Phi) is 4.96. The first kappa shape index (κ1) is 19.9. The molecular weight excluding hydrogens is 519 g/mol. The highest BCUT2D eigenvalue weighted by Gasteiger charge is 2.53. The van der Waals surface area contributed by atoms with Gasteiger partial charge in [-0.2, -0.15) is 0 Å². The Morgan fingerprint density at radius 1 is 1.03 bits per heavy atom. The molecule has 3 aliphatic rings. The predicted molar refractivity (Wildman–Crippen MR) is 133 cm³/mol. The summed E-state index contributed by atoms with van der Waals surface area (Å²) in [6, 6.07) is 16.0. The predicted octanol–water partition coefficient (Wildman–Crippen LogP) is 5.45. The second-order valence-electron chi connectivity index (χ2n) is 9.08. The largest absolute Gasteiger partial charge is 0.351 e. The van der Waals surface area contributed by atoms with Crippen LogP contribution in [0.15, 0.2) is 54.9 Å². The summed E-state index contributed by atoms with van der Waals surface area (Å²) in [5, 5.41) is 4.37. The van der Waals surface area contributed by atoms with Crippen LogP contribution in [0, 0.1) is 3.57 Å². The van der Waals surface area contributed by atoms with Gasteiger partial charge in [0, 0.05) is 58.0 Å². The van der Waals surface area contributed by atoms with Crippen LogP contribution >= 0.6 is 34.2 Å². The molecule has 2 bridgehead atoms. The molecule has 2 aliphatic carbocycles. The van der Waals surface area contributed by atoms with Crippen molar-refractivity contribution in [3.05, 3.63) is 85.7 Å². The van der Waals surface area contributed by atoms with Crippen LogP contribution in [-0.4, -0.2) is 40.5 Å². The number of halogens is 2. The van der Waals surface area contributed by atoms with E-state index < -0.39 is 0 Å². The van der Waals surface area contributed by atoms with Crippen molar-refractivity contribution in [3.8, 4) is 0 Å². The minimum Gasteiger partial charge on any atom is -0.351 e. The zero-order valence-corrected chi connectivity index (χ0v) is 20.1. The molecule has 2 unspecified atom stereocenters. The van der Waals surface area contributed by atoms with Crippen LogP contribution in [0.25, 0.3) is 0 Å². The second kappa shape index (κ2) is 7.71. The molecule has 0 spiro atoms. The van der Waals surface area contributed by atoms with Crippen molar-refractivity contribution in [1.29, 1.82) is 0 Å². The van der Waals surface area contributed by atoms with Crippen LogP contribution in [0.2, 0.25) is 5.02 Å². The highest BCUT2D eigenvalue weighted by molar-refractivity contribution is 14.1. The van der Waals surface area contributed by atoms with E-state index in [1.54, 1.807) is 0 Å². The van der Waals surface area contributed by atoms with Gasteiger partial charge in [-0.25, -0.2) is 9.97 Å². The van der Waals surface area contributed by atoms with Gasteiger partial charge in [0.05, 0.1) is 0 Å². The standard InChI is InChI=1S/C25H24ClIN4/c26-16-5-6-20-21-12-25(23(20)11-16,22-4-2-1-3-19(21)22)15-31-9-7-18(8-10-31)30-24-28-13-17(27)14-29-24/h1-6,11,13-14,18,21H,7-10,12,15H2,(H,28,29,30). The zero-order valence-electron chi connectivity index (χ0n) is 17.2. The fourth-order valence-corrected chi connectivity index (χ4v) is 6.46. The molecule has 2 atom stereocenters. The average molecular weight is 543 g/mol. The molecule has 0 saturated carbocycles. The molecule has 6 heteroatoms. The molecule has 0 amide bonds. The maximum absolute atomic E-state index is 6.46. The number of fused-ring (bicyclic) bond motifs is 8. The highest BCUT2D eigenvalue weighted by Crippen LogP contribution is 2.60. The number of nitrogens with zero attached hydrogens (tertiary/aromatic N) is 3. The third kappa shape index (κ3) is 3.36. The molecule has 6 rings (SSSR count). The summed E-state index contributed by atoms with van der Waals surface area (Å²) < 4.78 is 1.06. The first-order valence-electron chi connectivity index (χ1n) is 11.0. The molecular formula is C25H24ClIN4. The van der Waals surface area contributed by atoms with Gasteiger partial charge >= 0.3 is 0 Å². The van der Waals surface area contributed by atoms with E-state index in [0.29, 0.717) is 12.0 Å². The smallest absolute Gasteiger partial charge is 0.222 e. The van der Waals surface area contributed by atoms with Gasteiger partial charge in [-0.15, -0.1) is 0 Å². The minimum atomic E-state index is 0.0704. The van der Waals surface area contributed by atoms with Gasteiger partial charge in [0.2, 0.25) is 5.95 Å². The van der Waals surface area contributed by atoms with Crippen LogP contribution in [0.3, 0.4) is 0 Å². The van der Waals surface area contributed by atoms with Gasteiger partial charge in [-0.1, -0.05) is 41.9 Å². The minimum absolute atomic E-state index is 0.0704. The number of rotatable bonds is 4. The molecule has 1 aliphatic heterocycles. The van der Waals surface area contributed by atoms with Gasteiger partial charge in [-0.3, -0.25) is 0 Å². The molecule has 2 heterocycles. The van der Waals surface area contributed by atoms with Crippen molar-refractivity contribution in [1.82, 2.24) is 14.9 Å². The quantitative estimate of drug-likeness (QED) is 0.446. The maximum Gasteiger partial charge on any atom is 0.222 e. The molecule has 31 heavy (non-hydrogen) atoms. The molecule has 1 aromatic heterocycles. The lowest BCUT2D eigenvalue weighted by molar-refractivity contribution is 0.186. The fourth-order valence-electron chi connectivity index (χ4n) is 6.01. The van der Waals surface area contributed by atoms with Gasteiger partial charge < -0.3 is 10.2 Å². The second-order valence-corrected chi connectivity index (χ2v) is 10.8. The van der Waals surface area contributed by atoms with Crippen LogP contribution < -0.4 is 5.32 Å². The van der Waals surface area contributed by atoms with E-state index in [1.165, 1.54) is 28.7 Å². The van der Waals surface area contributed by atoms with Crippen LogP contribution in [0.1, 0.15) is 47.4 Å². The van der Waals surface area contributed by atoms with Crippen molar-refractivity contribution in [2.75, 3.05) is 25.0 Å². The maximum atomic E-state index is 6.46. The highest BCUT2D eigenvalue weighted by atomic mass is 127.